The van der Waals surface area contributed by atoms with Crippen LogP contribution in [-0.4, -0.2) is 20.3 Å². The molecule has 0 heterocycles. The number of nitrogens with one attached hydrogen (secondary N) is 2. The molecule has 0 atom stereocenters. The standard InChI is InChI=1S/C15H16N4O3/c1-21-13-9-5-3-7-11(13)19(18-15(20)17-16)12-8-4-6-10-14(12)22-2/h3-10,16H,1-2H3,(H,18,20). The number of hydrazine groups is 1. The monoisotopic (exact) mass is 300 g/mol. The molecule has 0 spiro atoms. The zero-order valence-corrected chi connectivity index (χ0v) is 12.2. The van der Waals surface area contributed by atoms with E-state index < -0.39 is 6.03 Å². The molecule has 0 bridgehead atoms. The van der Waals surface area contributed by atoms with Gasteiger partial charge in [-0.05, 0) is 24.3 Å². The number of carbonyl (C=O) groups is 1. The molecule has 0 fully saturated rings. The van der Waals surface area contributed by atoms with Crippen LogP contribution >= 0.6 is 0 Å². The lowest BCUT2D eigenvalue weighted by atomic mass is 10.2. The SMILES string of the molecule is COc1ccccc1N(NC(=O)N=N)c1ccccc1OC. The summed E-state index contributed by atoms with van der Waals surface area (Å²) in [6, 6.07) is 13.5. The first kappa shape index (κ1) is 15.3. The summed E-state index contributed by atoms with van der Waals surface area (Å²) in [5.41, 5.74) is 10.6. The van der Waals surface area contributed by atoms with Crippen LogP contribution in [0, 0.1) is 5.53 Å². The van der Waals surface area contributed by atoms with Crippen LogP contribution in [-0.2, 0) is 0 Å². The predicted molar refractivity (Wildman–Crippen MR) is 81.8 cm³/mol. The average molecular weight is 300 g/mol. The van der Waals surface area contributed by atoms with Crippen molar-refractivity contribution in [3.05, 3.63) is 48.5 Å². The van der Waals surface area contributed by atoms with E-state index in [0.29, 0.717) is 22.9 Å². The van der Waals surface area contributed by atoms with Gasteiger partial charge in [0.25, 0.3) is 0 Å². The Morgan fingerprint density at radius 2 is 1.45 bits per heavy atom. The number of methoxy groups -OCH3 is 2. The number of anilines is 2. The molecule has 22 heavy (non-hydrogen) atoms. The molecule has 7 nitrogen and oxygen atoms in total. The third-order valence-corrected chi connectivity index (χ3v) is 2.96. The molecule has 2 rings (SSSR count). The normalized spacial score (nSPS) is 9.73. The van der Waals surface area contributed by atoms with Gasteiger partial charge in [0.2, 0.25) is 0 Å². The number of rotatable bonds is 5. The fourth-order valence-electron chi connectivity index (χ4n) is 2.00. The van der Waals surface area contributed by atoms with Gasteiger partial charge in [-0.25, -0.2) is 15.2 Å². The quantitative estimate of drug-likeness (QED) is 0.653. The molecule has 2 N–H and O–H groups in total. The van der Waals surface area contributed by atoms with Gasteiger partial charge in [0.15, 0.2) is 0 Å². The molecule has 2 amide bonds. The fourth-order valence-corrected chi connectivity index (χ4v) is 2.00. The van der Waals surface area contributed by atoms with Crippen molar-refractivity contribution < 1.29 is 14.3 Å². The minimum absolute atomic E-state index is 0.554. The average Bonchev–Trinajstić information content (AvgIpc) is 2.59. The summed E-state index contributed by atoms with van der Waals surface area (Å²) in [6.07, 6.45) is 0. The Hall–Kier alpha value is -3.09. The smallest absolute Gasteiger partial charge is 0.378 e. The molecule has 2 aromatic carbocycles. The zero-order chi connectivity index (χ0) is 15.9. The van der Waals surface area contributed by atoms with Gasteiger partial charge in [-0.3, -0.25) is 0 Å². The third-order valence-electron chi connectivity index (χ3n) is 2.96. The first-order valence-electron chi connectivity index (χ1n) is 6.45. The van der Waals surface area contributed by atoms with Crippen molar-refractivity contribution >= 4 is 17.4 Å². The molecule has 2 aromatic rings. The summed E-state index contributed by atoms with van der Waals surface area (Å²) < 4.78 is 10.7. The number of urea groups is 1. The Kier molecular flexibility index (Phi) is 4.92. The largest absolute Gasteiger partial charge is 0.494 e. The minimum Gasteiger partial charge on any atom is -0.494 e. The van der Waals surface area contributed by atoms with Crippen molar-refractivity contribution in [3.63, 3.8) is 0 Å². The van der Waals surface area contributed by atoms with Crippen LogP contribution in [0.25, 0.3) is 0 Å². The van der Waals surface area contributed by atoms with Gasteiger partial charge in [0.1, 0.15) is 22.9 Å². The highest BCUT2D eigenvalue weighted by Crippen LogP contribution is 2.36. The van der Waals surface area contributed by atoms with Gasteiger partial charge in [0.05, 0.1) is 14.2 Å². The summed E-state index contributed by atoms with van der Waals surface area (Å²) >= 11 is 0. The molecule has 114 valence electrons. The van der Waals surface area contributed by atoms with E-state index in [1.165, 1.54) is 19.2 Å². The van der Waals surface area contributed by atoms with Crippen molar-refractivity contribution in [1.82, 2.24) is 5.43 Å². The first-order valence-corrected chi connectivity index (χ1v) is 6.45. The molecule has 0 aliphatic carbocycles. The molecule has 0 saturated heterocycles. The molecular formula is C15H16N4O3. The maximum atomic E-state index is 11.6. The Morgan fingerprint density at radius 3 is 1.86 bits per heavy atom. The van der Waals surface area contributed by atoms with E-state index in [9.17, 15) is 4.79 Å². The van der Waals surface area contributed by atoms with Crippen molar-refractivity contribution in [1.29, 1.82) is 5.53 Å². The summed E-state index contributed by atoms with van der Waals surface area (Å²) in [5, 5.41) is 4.34. The fraction of sp³-hybridized carbons (Fsp3) is 0.133. The number of para-hydroxylation sites is 4. The number of hydrogen-bond donors (Lipinski definition) is 2. The summed E-state index contributed by atoms with van der Waals surface area (Å²) in [4.78, 5) is 11.6. The Labute approximate surface area is 127 Å². The lowest BCUT2D eigenvalue weighted by Crippen LogP contribution is -2.37. The number of amides is 2. The Balaban J connectivity index is 2.55. The van der Waals surface area contributed by atoms with E-state index in [4.69, 9.17) is 15.0 Å². The van der Waals surface area contributed by atoms with Gasteiger partial charge in [-0.2, -0.15) is 5.53 Å². The lowest BCUT2D eigenvalue weighted by Gasteiger charge is -2.27. The Morgan fingerprint density at radius 1 is 1.00 bits per heavy atom. The van der Waals surface area contributed by atoms with Crippen molar-refractivity contribution in [3.8, 4) is 11.5 Å². The number of hydrogen-bond acceptors (Lipinski definition) is 5. The molecular weight excluding hydrogens is 284 g/mol. The van der Waals surface area contributed by atoms with Crippen LogP contribution in [0.3, 0.4) is 0 Å². The third kappa shape index (κ3) is 3.14. The maximum Gasteiger partial charge on any atom is 0.378 e. The van der Waals surface area contributed by atoms with E-state index in [0.717, 1.165) is 0 Å². The van der Waals surface area contributed by atoms with Crippen molar-refractivity contribution in [2.24, 2.45) is 5.11 Å². The molecule has 0 aliphatic heterocycles. The summed E-state index contributed by atoms with van der Waals surface area (Å²) in [7, 11) is 3.08. The lowest BCUT2D eigenvalue weighted by molar-refractivity contribution is 0.247. The topological polar surface area (TPSA) is 87.0 Å². The molecule has 0 aliphatic rings. The highest BCUT2D eigenvalue weighted by atomic mass is 16.5. The van der Waals surface area contributed by atoms with Crippen molar-refractivity contribution in [2.45, 2.75) is 0 Å². The van der Waals surface area contributed by atoms with Crippen LogP contribution in [0.15, 0.2) is 53.6 Å². The minimum atomic E-state index is -0.809. The number of nitrogens with zero attached hydrogens (tertiary/aromatic N) is 2. The van der Waals surface area contributed by atoms with Crippen LogP contribution in [0.1, 0.15) is 0 Å². The highest BCUT2D eigenvalue weighted by Gasteiger charge is 2.19. The van der Waals surface area contributed by atoms with Gasteiger partial charge in [0, 0.05) is 0 Å². The molecule has 0 unspecified atom stereocenters. The van der Waals surface area contributed by atoms with Gasteiger partial charge in [-0.1, -0.05) is 29.4 Å². The number of benzene rings is 2. The van der Waals surface area contributed by atoms with E-state index in [1.54, 1.807) is 24.3 Å². The predicted octanol–water partition coefficient (Wildman–Crippen LogP) is 3.50. The van der Waals surface area contributed by atoms with Crippen LogP contribution in [0.4, 0.5) is 16.2 Å². The van der Waals surface area contributed by atoms with Crippen LogP contribution in [0.5, 0.6) is 11.5 Å². The second kappa shape index (κ2) is 7.07. The molecule has 0 radical (unpaired) electrons. The van der Waals surface area contributed by atoms with Gasteiger partial charge >= 0.3 is 6.03 Å². The second-order valence-electron chi connectivity index (χ2n) is 4.21. The van der Waals surface area contributed by atoms with E-state index in [2.05, 4.69) is 10.5 Å². The molecule has 0 saturated carbocycles. The number of ether oxygens (including phenoxy) is 2. The van der Waals surface area contributed by atoms with Crippen molar-refractivity contribution in [2.75, 3.05) is 19.2 Å². The van der Waals surface area contributed by atoms with E-state index >= 15 is 0 Å². The van der Waals surface area contributed by atoms with Gasteiger partial charge in [-0.15, -0.1) is 0 Å². The van der Waals surface area contributed by atoms with Gasteiger partial charge < -0.3 is 9.47 Å². The van der Waals surface area contributed by atoms with Crippen LogP contribution < -0.4 is 19.9 Å². The van der Waals surface area contributed by atoms with E-state index in [1.807, 2.05) is 24.3 Å². The van der Waals surface area contributed by atoms with E-state index in [-0.39, 0.29) is 0 Å². The Bertz CT molecular complexity index is 628. The first-order chi connectivity index (χ1) is 10.7. The highest BCUT2D eigenvalue weighted by molar-refractivity contribution is 5.82. The summed E-state index contributed by atoms with van der Waals surface area (Å²) in [6.45, 7) is 0. The van der Waals surface area contributed by atoms with Crippen LogP contribution in [0.2, 0.25) is 0 Å². The zero-order valence-electron chi connectivity index (χ0n) is 12.2. The summed E-state index contributed by atoms with van der Waals surface area (Å²) in [5.74, 6) is 1.11. The number of carbonyl (C=O) groups excluding carboxylic acids is 1. The molecule has 0 aromatic heterocycles. The maximum absolute atomic E-state index is 11.6. The molecule has 7 heteroatoms. The second-order valence-corrected chi connectivity index (χ2v) is 4.21.